The average Bonchev–Trinajstić information content (AvgIpc) is 2.85. The molecule has 33 heavy (non-hydrogen) atoms. The van der Waals surface area contributed by atoms with E-state index in [1.807, 2.05) is 54.8 Å². The van der Waals surface area contributed by atoms with Gasteiger partial charge in [0, 0.05) is 16.6 Å². The quantitative estimate of drug-likeness (QED) is 0.427. The van der Waals surface area contributed by atoms with Crippen molar-refractivity contribution < 1.29 is 19.1 Å². The minimum absolute atomic E-state index is 0.310. The van der Waals surface area contributed by atoms with Gasteiger partial charge >= 0.3 is 5.97 Å². The monoisotopic (exact) mass is 464 g/mol. The molecule has 0 unspecified atom stereocenters. The van der Waals surface area contributed by atoms with E-state index in [-0.39, 0.29) is 5.91 Å². The largest absolute Gasteiger partial charge is 0.451 e. The van der Waals surface area contributed by atoms with Crippen molar-refractivity contribution in [3.63, 3.8) is 0 Å². The standard InChI is InChI=1S/C26H28N2O4S/c1-3-23(25(30)27-21-15-9-13-18-10-7-8-14-20(18)21)32-26(31)22(16-17-33-2)28-24(29)19-11-5-4-6-12-19/h4-15,22-23H,3,16-17H2,1-2H3,(H,27,30)(H,28,29)/t22-,23-/m0/s1. The maximum atomic E-state index is 12.9. The fourth-order valence-electron chi connectivity index (χ4n) is 3.41. The van der Waals surface area contributed by atoms with Crippen molar-refractivity contribution in [3.05, 3.63) is 78.4 Å². The van der Waals surface area contributed by atoms with E-state index in [9.17, 15) is 14.4 Å². The number of anilines is 1. The summed E-state index contributed by atoms with van der Waals surface area (Å²) >= 11 is 1.57. The van der Waals surface area contributed by atoms with E-state index in [0.717, 1.165) is 10.8 Å². The van der Waals surface area contributed by atoms with Gasteiger partial charge in [-0.05, 0) is 48.4 Å². The van der Waals surface area contributed by atoms with Crippen LogP contribution in [0.3, 0.4) is 0 Å². The summed E-state index contributed by atoms with van der Waals surface area (Å²) in [4.78, 5) is 38.4. The highest BCUT2D eigenvalue weighted by Crippen LogP contribution is 2.23. The molecule has 0 spiro atoms. The Morgan fingerprint density at radius 1 is 0.939 bits per heavy atom. The van der Waals surface area contributed by atoms with E-state index in [1.165, 1.54) is 0 Å². The first-order chi connectivity index (χ1) is 16.0. The Labute approximate surface area is 198 Å². The van der Waals surface area contributed by atoms with Gasteiger partial charge in [0.1, 0.15) is 6.04 Å². The molecule has 2 N–H and O–H groups in total. The SMILES string of the molecule is CC[C@H](OC(=O)[C@H](CCSC)NC(=O)c1ccccc1)C(=O)Nc1cccc2ccccc12. The molecule has 2 atom stereocenters. The number of hydrogen-bond acceptors (Lipinski definition) is 5. The molecule has 172 valence electrons. The minimum atomic E-state index is -0.970. The maximum absolute atomic E-state index is 12.9. The van der Waals surface area contributed by atoms with Crippen molar-refractivity contribution >= 4 is 46.0 Å². The Morgan fingerprint density at radius 2 is 1.64 bits per heavy atom. The van der Waals surface area contributed by atoms with Gasteiger partial charge in [0.25, 0.3) is 11.8 Å². The number of benzene rings is 3. The number of thioether (sulfide) groups is 1. The van der Waals surface area contributed by atoms with Gasteiger partial charge in [-0.3, -0.25) is 9.59 Å². The highest BCUT2D eigenvalue weighted by Gasteiger charge is 2.28. The molecule has 7 heteroatoms. The Bertz CT molecular complexity index is 1100. The molecule has 0 radical (unpaired) electrons. The summed E-state index contributed by atoms with van der Waals surface area (Å²) in [6, 6.07) is 21.2. The van der Waals surface area contributed by atoms with Crippen LogP contribution in [0.15, 0.2) is 72.8 Å². The smallest absolute Gasteiger partial charge is 0.329 e. The number of carbonyl (C=O) groups is 3. The molecule has 0 fully saturated rings. The van der Waals surface area contributed by atoms with Gasteiger partial charge in [-0.2, -0.15) is 11.8 Å². The normalized spacial score (nSPS) is 12.5. The lowest BCUT2D eigenvalue weighted by molar-refractivity contribution is -0.156. The Morgan fingerprint density at radius 3 is 2.36 bits per heavy atom. The van der Waals surface area contributed by atoms with E-state index < -0.39 is 24.0 Å². The van der Waals surface area contributed by atoms with E-state index in [4.69, 9.17) is 4.74 Å². The third-order valence-corrected chi connectivity index (χ3v) is 5.85. The van der Waals surface area contributed by atoms with Gasteiger partial charge in [-0.15, -0.1) is 0 Å². The van der Waals surface area contributed by atoms with E-state index >= 15 is 0 Å². The molecule has 2 amide bonds. The van der Waals surface area contributed by atoms with Gasteiger partial charge < -0.3 is 15.4 Å². The fraction of sp³-hybridized carbons (Fsp3) is 0.269. The molecule has 0 saturated heterocycles. The molecule has 3 aromatic rings. The molecule has 0 aliphatic rings. The molecule has 0 aliphatic carbocycles. The first-order valence-electron chi connectivity index (χ1n) is 10.9. The van der Waals surface area contributed by atoms with Crippen molar-refractivity contribution in [3.8, 4) is 0 Å². The summed E-state index contributed by atoms with van der Waals surface area (Å²) in [6.07, 6.45) is 1.67. The Kier molecular flexibility index (Phi) is 8.89. The molecular formula is C26H28N2O4S. The zero-order chi connectivity index (χ0) is 23.6. The molecule has 3 aromatic carbocycles. The molecule has 6 nitrogen and oxygen atoms in total. The molecule has 0 aliphatic heterocycles. The van der Waals surface area contributed by atoms with Crippen molar-refractivity contribution in [2.24, 2.45) is 0 Å². The van der Waals surface area contributed by atoms with Gasteiger partial charge in [0.05, 0.1) is 0 Å². The zero-order valence-corrected chi connectivity index (χ0v) is 19.6. The second-order valence-corrected chi connectivity index (χ2v) is 8.51. The number of fused-ring (bicyclic) bond motifs is 1. The predicted octanol–water partition coefficient (Wildman–Crippen LogP) is 4.65. The highest BCUT2D eigenvalue weighted by atomic mass is 32.2. The first-order valence-corrected chi connectivity index (χ1v) is 12.3. The lowest BCUT2D eigenvalue weighted by Gasteiger charge is -2.22. The molecule has 0 bridgehead atoms. The van der Waals surface area contributed by atoms with Crippen LogP contribution in [-0.4, -0.2) is 41.9 Å². The second kappa shape index (κ2) is 12.1. The van der Waals surface area contributed by atoms with E-state index in [1.54, 1.807) is 43.0 Å². The third-order valence-electron chi connectivity index (χ3n) is 5.21. The number of carbonyl (C=O) groups excluding carboxylic acids is 3. The van der Waals surface area contributed by atoms with Crippen molar-refractivity contribution in [2.45, 2.75) is 31.9 Å². The van der Waals surface area contributed by atoms with Crippen LogP contribution in [0.25, 0.3) is 10.8 Å². The molecular weight excluding hydrogens is 436 g/mol. The van der Waals surface area contributed by atoms with Gasteiger partial charge in [-0.1, -0.05) is 61.5 Å². The molecule has 0 aromatic heterocycles. The molecule has 3 rings (SSSR count). The average molecular weight is 465 g/mol. The summed E-state index contributed by atoms with van der Waals surface area (Å²) in [5.41, 5.74) is 1.11. The summed E-state index contributed by atoms with van der Waals surface area (Å²) in [6.45, 7) is 1.78. The number of rotatable bonds is 10. The van der Waals surface area contributed by atoms with Crippen LogP contribution in [0, 0.1) is 0 Å². The number of esters is 1. The minimum Gasteiger partial charge on any atom is -0.451 e. The lowest BCUT2D eigenvalue weighted by Crippen LogP contribution is -2.45. The first kappa shape index (κ1) is 24.3. The van der Waals surface area contributed by atoms with Crippen LogP contribution in [0.2, 0.25) is 0 Å². The van der Waals surface area contributed by atoms with Gasteiger partial charge in [0.2, 0.25) is 0 Å². The maximum Gasteiger partial charge on any atom is 0.329 e. The number of hydrogen-bond donors (Lipinski definition) is 2. The van der Waals surface area contributed by atoms with Crippen LogP contribution in [0.5, 0.6) is 0 Å². The number of amides is 2. The number of ether oxygens (including phenoxy) is 1. The Hall–Kier alpha value is -3.32. The van der Waals surface area contributed by atoms with Gasteiger partial charge in [0.15, 0.2) is 6.10 Å². The van der Waals surface area contributed by atoms with E-state index in [2.05, 4.69) is 10.6 Å². The number of nitrogens with one attached hydrogen (secondary N) is 2. The van der Waals surface area contributed by atoms with Gasteiger partial charge in [-0.25, -0.2) is 4.79 Å². The summed E-state index contributed by atoms with van der Waals surface area (Å²) in [7, 11) is 0. The summed E-state index contributed by atoms with van der Waals surface area (Å²) in [5.74, 6) is -0.714. The lowest BCUT2D eigenvalue weighted by atomic mass is 10.1. The Balaban J connectivity index is 1.69. The second-order valence-electron chi connectivity index (χ2n) is 7.52. The van der Waals surface area contributed by atoms with Crippen LogP contribution in [-0.2, 0) is 14.3 Å². The van der Waals surface area contributed by atoms with Crippen molar-refractivity contribution in [1.82, 2.24) is 5.32 Å². The fourth-order valence-corrected chi connectivity index (χ4v) is 3.88. The van der Waals surface area contributed by atoms with Crippen LogP contribution < -0.4 is 10.6 Å². The topological polar surface area (TPSA) is 84.5 Å². The van der Waals surface area contributed by atoms with Crippen molar-refractivity contribution in [2.75, 3.05) is 17.3 Å². The zero-order valence-electron chi connectivity index (χ0n) is 18.7. The summed E-state index contributed by atoms with van der Waals surface area (Å²) in [5, 5.41) is 7.54. The van der Waals surface area contributed by atoms with E-state index in [0.29, 0.717) is 29.8 Å². The van der Waals surface area contributed by atoms with Crippen molar-refractivity contribution in [1.29, 1.82) is 0 Å². The predicted molar refractivity (Wildman–Crippen MR) is 133 cm³/mol. The van der Waals surface area contributed by atoms with Crippen LogP contribution in [0.4, 0.5) is 5.69 Å². The molecule has 0 saturated carbocycles. The summed E-state index contributed by atoms with van der Waals surface area (Å²) < 4.78 is 5.57. The van der Waals surface area contributed by atoms with Crippen LogP contribution >= 0.6 is 11.8 Å². The third kappa shape index (κ3) is 6.58. The highest BCUT2D eigenvalue weighted by molar-refractivity contribution is 7.98. The van der Waals surface area contributed by atoms with Crippen LogP contribution in [0.1, 0.15) is 30.1 Å². The molecule has 0 heterocycles.